The van der Waals surface area contributed by atoms with Gasteiger partial charge in [-0.25, -0.2) is 4.98 Å². The van der Waals surface area contributed by atoms with Gasteiger partial charge >= 0.3 is 0 Å². The summed E-state index contributed by atoms with van der Waals surface area (Å²) < 4.78 is 4.95. The molecule has 0 aliphatic heterocycles. The van der Waals surface area contributed by atoms with E-state index in [0.717, 1.165) is 0 Å². The van der Waals surface area contributed by atoms with Gasteiger partial charge in [-0.15, -0.1) is 0 Å². The first-order valence-corrected chi connectivity index (χ1v) is 4.16. The lowest BCUT2D eigenvalue weighted by molar-refractivity contribution is -0.116. The number of ether oxygens (including phenoxy) is 1. The molecule has 0 saturated carbocycles. The van der Waals surface area contributed by atoms with E-state index in [2.05, 4.69) is 4.98 Å². The van der Waals surface area contributed by atoms with Crippen LogP contribution in [0.15, 0.2) is 18.3 Å². The lowest BCUT2D eigenvalue weighted by Crippen LogP contribution is -2.08. The van der Waals surface area contributed by atoms with E-state index in [0.29, 0.717) is 5.75 Å². The van der Waals surface area contributed by atoms with Crippen LogP contribution in [0, 0.1) is 0 Å². The van der Waals surface area contributed by atoms with E-state index in [1.807, 2.05) is 0 Å². The smallest absolute Gasteiger partial charge is 0.192 e. The molecule has 1 heterocycles. The van der Waals surface area contributed by atoms with Gasteiger partial charge in [-0.05, 0) is 19.1 Å². The summed E-state index contributed by atoms with van der Waals surface area (Å²) in [6.07, 6.45) is 1.36. The largest absolute Gasteiger partial charge is 0.494 e. The molecule has 0 aliphatic rings. The quantitative estimate of drug-likeness (QED) is 0.533. The lowest BCUT2D eigenvalue weighted by Gasteiger charge is -2.04. The fourth-order valence-corrected chi connectivity index (χ4v) is 1.07. The molecule has 1 aromatic heterocycles. The Morgan fingerprint density at radius 1 is 1.50 bits per heavy atom. The highest BCUT2D eigenvalue weighted by Gasteiger charge is 2.14. The number of nitrogens with zero attached hydrogens (tertiary/aromatic N) is 1. The van der Waals surface area contributed by atoms with E-state index in [-0.39, 0.29) is 23.7 Å². The Balaban J connectivity index is 2.94. The Morgan fingerprint density at radius 2 is 2.21 bits per heavy atom. The van der Waals surface area contributed by atoms with E-state index < -0.39 is 0 Å². The van der Waals surface area contributed by atoms with Gasteiger partial charge in [0, 0.05) is 6.20 Å². The molecule has 4 heteroatoms. The molecule has 0 unspecified atom stereocenters. The summed E-state index contributed by atoms with van der Waals surface area (Å²) in [5, 5.41) is 0. The first kappa shape index (κ1) is 10.4. The molecule has 4 nitrogen and oxygen atoms in total. The maximum Gasteiger partial charge on any atom is 0.192 e. The molecule has 0 aliphatic carbocycles. The molecule has 0 fully saturated rings. The van der Waals surface area contributed by atoms with Crippen LogP contribution in [0.5, 0.6) is 5.75 Å². The number of pyridine rings is 1. The summed E-state index contributed by atoms with van der Waals surface area (Å²) >= 11 is 0. The molecule has 0 bridgehead atoms. The topological polar surface area (TPSA) is 56.3 Å². The number of hydrogen-bond acceptors (Lipinski definition) is 4. The van der Waals surface area contributed by atoms with Crippen LogP contribution in [-0.4, -0.2) is 23.7 Å². The van der Waals surface area contributed by atoms with Crippen LogP contribution in [0.4, 0.5) is 0 Å². The summed E-state index contributed by atoms with van der Waals surface area (Å²) in [5.74, 6) is -0.0867. The van der Waals surface area contributed by atoms with Crippen LogP contribution in [0.25, 0.3) is 0 Å². The summed E-state index contributed by atoms with van der Waals surface area (Å²) in [6, 6.07) is 3.31. The molecule has 74 valence electrons. The van der Waals surface area contributed by atoms with Crippen LogP contribution < -0.4 is 4.74 Å². The van der Waals surface area contributed by atoms with Gasteiger partial charge in [-0.2, -0.15) is 0 Å². The van der Waals surface area contributed by atoms with Crippen molar-refractivity contribution in [1.82, 2.24) is 4.98 Å². The molecule has 1 aromatic rings. The molecular formula is C10H11NO3. The van der Waals surface area contributed by atoms with Crippen molar-refractivity contribution in [3.05, 3.63) is 24.0 Å². The Kier molecular flexibility index (Phi) is 3.34. The zero-order chi connectivity index (χ0) is 10.6. The Bertz CT molecular complexity index is 360. The standard InChI is InChI=1S/C10H11NO3/c1-7(12)6-8(13)10-9(14-2)4-3-5-11-10/h3-5H,6H2,1-2H3. The second kappa shape index (κ2) is 4.50. The van der Waals surface area contributed by atoms with Crippen LogP contribution in [0.3, 0.4) is 0 Å². The minimum atomic E-state index is -0.310. The van der Waals surface area contributed by atoms with Crippen molar-refractivity contribution in [2.75, 3.05) is 7.11 Å². The SMILES string of the molecule is COc1cccnc1C(=O)CC(C)=O. The number of ketones is 2. The van der Waals surface area contributed by atoms with Crippen LogP contribution in [0.2, 0.25) is 0 Å². The van der Waals surface area contributed by atoms with E-state index >= 15 is 0 Å². The van der Waals surface area contributed by atoms with Gasteiger partial charge in [0.15, 0.2) is 5.78 Å². The molecule has 0 atom stereocenters. The number of carbonyl (C=O) groups is 2. The number of Topliss-reactive ketones (excluding diaryl/α,β-unsaturated/α-hetero) is 2. The fraction of sp³-hybridized carbons (Fsp3) is 0.300. The Morgan fingerprint density at radius 3 is 2.79 bits per heavy atom. The van der Waals surface area contributed by atoms with Crippen molar-refractivity contribution in [1.29, 1.82) is 0 Å². The van der Waals surface area contributed by atoms with E-state index in [1.54, 1.807) is 12.1 Å². The van der Waals surface area contributed by atoms with Gasteiger partial charge in [0.05, 0.1) is 13.5 Å². The molecule has 0 amide bonds. The minimum absolute atomic E-state index is 0.132. The van der Waals surface area contributed by atoms with Crippen LogP contribution in [0.1, 0.15) is 23.8 Å². The predicted molar refractivity (Wildman–Crippen MR) is 50.4 cm³/mol. The zero-order valence-electron chi connectivity index (χ0n) is 8.11. The Hall–Kier alpha value is -1.71. The Labute approximate surface area is 81.9 Å². The van der Waals surface area contributed by atoms with Gasteiger partial charge in [0.1, 0.15) is 17.2 Å². The van der Waals surface area contributed by atoms with Crippen molar-refractivity contribution in [2.45, 2.75) is 13.3 Å². The van der Waals surface area contributed by atoms with E-state index in [4.69, 9.17) is 4.74 Å². The number of hydrogen-bond donors (Lipinski definition) is 0. The average molecular weight is 193 g/mol. The van der Waals surface area contributed by atoms with Crippen molar-refractivity contribution in [2.24, 2.45) is 0 Å². The zero-order valence-corrected chi connectivity index (χ0v) is 8.11. The highest BCUT2D eigenvalue weighted by molar-refractivity contribution is 6.07. The maximum atomic E-state index is 11.5. The number of carbonyl (C=O) groups excluding carboxylic acids is 2. The number of rotatable bonds is 4. The van der Waals surface area contributed by atoms with E-state index in [1.165, 1.54) is 20.2 Å². The van der Waals surface area contributed by atoms with Crippen molar-refractivity contribution < 1.29 is 14.3 Å². The van der Waals surface area contributed by atoms with Gasteiger partial charge in [0.25, 0.3) is 0 Å². The molecule has 0 radical (unpaired) electrons. The molecule has 0 spiro atoms. The average Bonchev–Trinajstić information content (AvgIpc) is 2.16. The number of methoxy groups -OCH3 is 1. The summed E-state index contributed by atoms with van der Waals surface area (Å²) in [6.45, 7) is 1.37. The van der Waals surface area contributed by atoms with Crippen molar-refractivity contribution in [3.8, 4) is 5.75 Å². The molecular weight excluding hydrogens is 182 g/mol. The first-order valence-electron chi connectivity index (χ1n) is 4.16. The van der Waals surface area contributed by atoms with Crippen LogP contribution >= 0.6 is 0 Å². The predicted octanol–water partition coefficient (Wildman–Crippen LogP) is 1.25. The van der Waals surface area contributed by atoms with Crippen molar-refractivity contribution >= 4 is 11.6 Å². The highest BCUT2D eigenvalue weighted by Crippen LogP contribution is 2.16. The molecule has 0 saturated heterocycles. The minimum Gasteiger partial charge on any atom is -0.494 e. The molecule has 1 rings (SSSR count). The monoisotopic (exact) mass is 193 g/mol. The van der Waals surface area contributed by atoms with Crippen molar-refractivity contribution in [3.63, 3.8) is 0 Å². The first-order chi connectivity index (χ1) is 6.65. The summed E-state index contributed by atoms with van der Waals surface area (Å²) in [5.41, 5.74) is 0.213. The summed E-state index contributed by atoms with van der Waals surface area (Å²) in [7, 11) is 1.46. The third kappa shape index (κ3) is 2.39. The van der Waals surface area contributed by atoms with E-state index in [9.17, 15) is 9.59 Å². The van der Waals surface area contributed by atoms with Crippen LogP contribution in [-0.2, 0) is 4.79 Å². The maximum absolute atomic E-state index is 11.5. The third-order valence-electron chi connectivity index (χ3n) is 1.66. The molecule has 14 heavy (non-hydrogen) atoms. The second-order valence-corrected chi connectivity index (χ2v) is 2.86. The van der Waals surface area contributed by atoms with Gasteiger partial charge < -0.3 is 4.74 Å². The van der Waals surface area contributed by atoms with Gasteiger partial charge in [0.2, 0.25) is 0 Å². The highest BCUT2D eigenvalue weighted by atomic mass is 16.5. The van der Waals surface area contributed by atoms with Gasteiger partial charge in [-0.3, -0.25) is 9.59 Å². The lowest BCUT2D eigenvalue weighted by atomic mass is 10.1. The second-order valence-electron chi connectivity index (χ2n) is 2.86. The molecule has 0 N–H and O–H groups in total. The normalized spacial score (nSPS) is 9.57. The van der Waals surface area contributed by atoms with Gasteiger partial charge in [-0.1, -0.05) is 0 Å². The number of aromatic nitrogens is 1. The summed E-state index contributed by atoms with van der Waals surface area (Å²) in [4.78, 5) is 26.1. The molecule has 0 aromatic carbocycles. The third-order valence-corrected chi connectivity index (χ3v) is 1.66. The fourth-order valence-electron chi connectivity index (χ4n) is 1.07.